The molecule has 0 aliphatic carbocycles. The monoisotopic (exact) mass is 542 g/mol. The number of hydrogen-bond acceptors (Lipinski definition) is 6. The number of hydrogen-bond donors (Lipinski definition) is 1. The van der Waals surface area contributed by atoms with Crippen LogP contribution in [-0.4, -0.2) is 43.2 Å². The lowest BCUT2D eigenvalue weighted by Gasteiger charge is -2.31. The van der Waals surface area contributed by atoms with Gasteiger partial charge in [0.25, 0.3) is 0 Å². The summed E-state index contributed by atoms with van der Waals surface area (Å²) in [6, 6.07) is 8.15. The van der Waals surface area contributed by atoms with Crippen LogP contribution in [0.1, 0.15) is 30.0 Å². The lowest BCUT2D eigenvalue weighted by molar-refractivity contribution is -0.137. The summed E-state index contributed by atoms with van der Waals surface area (Å²) >= 11 is 6.61. The molecule has 4 aromatic rings. The minimum atomic E-state index is -4.52. The van der Waals surface area contributed by atoms with Crippen LogP contribution in [0.2, 0.25) is 5.02 Å². The van der Waals surface area contributed by atoms with E-state index in [0.29, 0.717) is 24.5 Å². The molecule has 1 aliphatic heterocycles. The van der Waals surface area contributed by atoms with Crippen molar-refractivity contribution in [2.24, 2.45) is 0 Å². The molecule has 1 unspecified atom stereocenters. The zero-order valence-electron chi connectivity index (χ0n) is 20.0. The third-order valence-electron chi connectivity index (χ3n) is 6.37. The van der Waals surface area contributed by atoms with Gasteiger partial charge in [-0.2, -0.15) is 13.2 Å². The number of nitrogens with zero attached hydrogens (tertiary/aromatic N) is 5. The van der Waals surface area contributed by atoms with E-state index in [1.165, 1.54) is 12.1 Å². The van der Waals surface area contributed by atoms with Crippen molar-refractivity contribution in [1.82, 2.24) is 24.3 Å². The second kappa shape index (κ2) is 9.97. The van der Waals surface area contributed by atoms with Gasteiger partial charge in [-0.3, -0.25) is 9.20 Å². The second-order valence-electron chi connectivity index (χ2n) is 8.80. The van der Waals surface area contributed by atoms with Gasteiger partial charge in [0.1, 0.15) is 11.6 Å². The van der Waals surface area contributed by atoms with Crippen molar-refractivity contribution in [3.8, 4) is 23.0 Å². The van der Waals surface area contributed by atoms with Crippen LogP contribution >= 0.6 is 11.6 Å². The summed E-state index contributed by atoms with van der Waals surface area (Å²) in [5.74, 6) is 0.461. The van der Waals surface area contributed by atoms with Crippen LogP contribution in [0.25, 0.3) is 16.9 Å². The number of likely N-dealkylation sites (tertiary alicyclic amines) is 1. The lowest BCUT2D eigenvalue weighted by Crippen LogP contribution is -2.38. The fourth-order valence-electron chi connectivity index (χ4n) is 4.60. The predicted molar refractivity (Wildman–Crippen MR) is 136 cm³/mol. The molecule has 1 amide bonds. The Kier molecular flexibility index (Phi) is 6.70. The predicted octanol–water partition coefficient (Wildman–Crippen LogP) is 5.73. The van der Waals surface area contributed by atoms with Gasteiger partial charge in [-0.15, -0.1) is 0 Å². The third-order valence-corrected chi connectivity index (χ3v) is 6.68. The number of fused-ring (bicyclic) bond motifs is 1. The number of carbonyl (C=O) groups is 1. The van der Waals surface area contributed by atoms with Crippen LogP contribution in [0, 0.1) is 0 Å². The summed E-state index contributed by atoms with van der Waals surface area (Å²) in [4.78, 5) is 26.9. The summed E-state index contributed by atoms with van der Waals surface area (Å²) in [7, 11) is 0. The van der Waals surface area contributed by atoms with Crippen LogP contribution in [-0.2, 0) is 11.0 Å². The van der Waals surface area contributed by atoms with Crippen LogP contribution in [0.3, 0.4) is 0 Å². The number of anilines is 1. The summed E-state index contributed by atoms with van der Waals surface area (Å²) in [5.41, 5.74) is 7.39. The van der Waals surface area contributed by atoms with Gasteiger partial charge < -0.3 is 15.4 Å². The Balaban J connectivity index is 1.50. The number of amides is 1. The largest absolute Gasteiger partial charge is 0.439 e. The first-order chi connectivity index (χ1) is 18.2. The molecule has 3 aromatic heterocycles. The molecular formula is C26H22ClF3N6O2. The van der Waals surface area contributed by atoms with Crippen molar-refractivity contribution >= 4 is 29.0 Å². The molecule has 1 aliphatic rings. The number of alkyl halides is 3. The average molecular weight is 543 g/mol. The summed E-state index contributed by atoms with van der Waals surface area (Å²) < 4.78 is 46.3. The number of piperidine rings is 1. The fourth-order valence-corrected chi connectivity index (χ4v) is 4.85. The van der Waals surface area contributed by atoms with E-state index in [2.05, 4.69) is 16.5 Å². The minimum absolute atomic E-state index is 0.0356. The van der Waals surface area contributed by atoms with E-state index in [-0.39, 0.29) is 34.4 Å². The summed E-state index contributed by atoms with van der Waals surface area (Å²) in [6.07, 6.45) is 1.05. The van der Waals surface area contributed by atoms with Crippen molar-refractivity contribution in [3.63, 3.8) is 0 Å². The van der Waals surface area contributed by atoms with E-state index in [4.69, 9.17) is 27.1 Å². The first-order valence-corrected chi connectivity index (χ1v) is 12.1. The zero-order valence-corrected chi connectivity index (χ0v) is 20.7. The Morgan fingerprint density at radius 2 is 1.97 bits per heavy atom. The molecule has 0 radical (unpaired) electrons. The van der Waals surface area contributed by atoms with Crippen LogP contribution < -0.4 is 10.5 Å². The molecule has 1 aromatic carbocycles. The maximum absolute atomic E-state index is 13.0. The van der Waals surface area contributed by atoms with E-state index < -0.39 is 11.7 Å². The number of aromatic nitrogens is 4. The molecule has 1 atom stereocenters. The molecule has 38 heavy (non-hydrogen) atoms. The van der Waals surface area contributed by atoms with Crippen LogP contribution in [0.5, 0.6) is 11.6 Å². The van der Waals surface area contributed by atoms with Crippen molar-refractivity contribution < 1.29 is 22.7 Å². The number of halogens is 4. The first kappa shape index (κ1) is 25.5. The number of benzene rings is 1. The van der Waals surface area contributed by atoms with Crippen molar-refractivity contribution in [2.45, 2.75) is 24.9 Å². The molecule has 0 saturated carbocycles. The summed E-state index contributed by atoms with van der Waals surface area (Å²) in [5, 5.41) is 0.239. The fraction of sp³-hybridized carbons (Fsp3) is 0.231. The Labute approximate surface area is 220 Å². The molecule has 12 heteroatoms. The van der Waals surface area contributed by atoms with Gasteiger partial charge in [0.15, 0.2) is 0 Å². The first-order valence-electron chi connectivity index (χ1n) is 11.7. The van der Waals surface area contributed by atoms with E-state index >= 15 is 0 Å². The van der Waals surface area contributed by atoms with E-state index in [1.54, 1.807) is 33.7 Å². The highest BCUT2D eigenvalue weighted by Crippen LogP contribution is 2.38. The molecule has 1 saturated heterocycles. The summed E-state index contributed by atoms with van der Waals surface area (Å²) in [6.45, 7) is 4.72. The standard InChI is InChI=1S/C26H22ClF3N6O2/c1-2-22(37)35-11-3-4-15(14-35)23-20-8-10-33-25(31)36(20)24(34-23)18-6-5-17(13-19(18)27)38-21-12-16(7-9-32-21)26(28,29)30/h2,5-10,12-13,15H,1,3-4,11,14H2,(H2,31,33). The number of pyridine rings is 1. The number of carbonyl (C=O) groups excluding carboxylic acids is 1. The highest BCUT2D eigenvalue weighted by atomic mass is 35.5. The Hall–Kier alpha value is -4.12. The quantitative estimate of drug-likeness (QED) is 0.323. The normalized spacial score (nSPS) is 16.0. The van der Waals surface area contributed by atoms with Crippen molar-refractivity contribution in [1.29, 1.82) is 0 Å². The topological polar surface area (TPSA) is 98.6 Å². The molecule has 0 spiro atoms. The number of rotatable bonds is 5. The molecule has 1 fully saturated rings. The molecule has 2 N–H and O–H groups in total. The van der Waals surface area contributed by atoms with Crippen molar-refractivity contribution in [2.75, 3.05) is 18.8 Å². The number of nitrogens with two attached hydrogens (primary N) is 1. The molecule has 0 bridgehead atoms. The van der Waals surface area contributed by atoms with E-state index in [0.717, 1.165) is 42.4 Å². The Morgan fingerprint density at radius 3 is 2.71 bits per heavy atom. The zero-order chi connectivity index (χ0) is 27.0. The van der Waals surface area contributed by atoms with Gasteiger partial charge in [-0.25, -0.2) is 15.0 Å². The van der Waals surface area contributed by atoms with E-state index in [9.17, 15) is 18.0 Å². The van der Waals surface area contributed by atoms with E-state index in [1.807, 2.05) is 0 Å². The van der Waals surface area contributed by atoms with Gasteiger partial charge in [-0.1, -0.05) is 18.2 Å². The molecular weight excluding hydrogens is 521 g/mol. The average Bonchev–Trinajstić information content (AvgIpc) is 3.29. The maximum Gasteiger partial charge on any atom is 0.416 e. The second-order valence-corrected chi connectivity index (χ2v) is 9.20. The minimum Gasteiger partial charge on any atom is -0.439 e. The number of ether oxygens (including phenoxy) is 1. The van der Waals surface area contributed by atoms with Crippen molar-refractivity contribution in [3.05, 3.63) is 77.7 Å². The number of imidazole rings is 1. The molecule has 8 nitrogen and oxygen atoms in total. The van der Waals surface area contributed by atoms with Crippen LogP contribution in [0.15, 0.2) is 61.4 Å². The molecule has 4 heterocycles. The van der Waals surface area contributed by atoms with Gasteiger partial charge in [0.2, 0.25) is 17.7 Å². The van der Waals surface area contributed by atoms with Gasteiger partial charge in [0, 0.05) is 49.1 Å². The maximum atomic E-state index is 13.0. The third kappa shape index (κ3) is 4.89. The smallest absolute Gasteiger partial charge is 0.416 e. The molecule has 196 valence electrons. The van der Waals surface area contributed by atoms with Gasteiger partial charge >= 0.3 is 6.18 Å². The SMILES string of the molecule is C=CC(=O)N1CCCC(c2nc(-c3ccc(Oc4cc(C(F)(F)F)ccn4)cc3Cl)n3c(N)nccc23)C1. The number of nitrogen functional groups attached to an aromatic ring is 1. The Bertz CT molecular complexity index is 1540. The highest BCUT2D eigenvalue weighted by Gasteiger charge is 2.31. The van der Waals surface area contributed by atoms with Gasteiger partial charge in [0.05, 0.1) is 21.8 Å². The molecule has 5 rings (SSSR count). The van der Waals surface area contributed by atoms with Crippen LogP contribution in [0.4, 0.5) is 19.1 Å². The Morgan fingerprint density at radius 1 is 1.18 bits per heavy atom. The lowest BCUT2D eigenvalue weighted by atomic mass is 9.94. The van der Waals surface area contributed by atoms with Gasteiger partial charge in [-0.05, 0) is 43.2 Å². The highest BCUT2D eigenvalue weighted by molar-refractivity contribution is 6.33.